The Balaban J connectivity index is 1.84. The van der Waals surface area contributed by atoms with Crippen LogP contribution in [0.2, 0.25) is 0 Å². The molecular formula is C21H26N4O2S. The molecule has 0 atom stereocenters. The standard InChI is InChI=1S/C21H26N4O2S/c1-6-15-9-7-8-13(4)18(15)24-17(26)11-28-21-23-16-10-14(5)22-19(16)20(27)25(21)12(2)3/h7-10,12,22H,6,11H2,1-5H3,(H,24,26). The van der Waals surface area contributed by atoms with Crippen molar-refractivity contribution in [3.63, 3.8) is 0 Å². The number of rotatable bonds is 6. The molecule has 0 saturated heterocycles. The molecule has 2 aromatic heterocycles. The minimum Gasteiger partial charge on any atom is -0.353 e. The summed E-state index contributed by atoms with van der Waals surface area (Å²) in [6.07, 6.45) is 0.850. The number of anilines is 1. The van der Waals surface area contributed by atoms with Gasteiger partial charge in [-0.2, -0.15) is 0 Å². The number of aromatic nitrogens is 3. The molecule has 0 aliphatic rings. The first-order valence-electron chi connectivity index (χ1n) is 9.44. The Morgan fingerprint density at radius 3 is 2.75 bits per heavy atom. The molecule has 28 heavy (non-hydrogen) atoms. The Morgan fingerprint density at radius 1 is 1.32 bits per heavy atom. The Morgan fingerprint density at radius 2 is 2.07 bits per heavy atom. The lowest BCUT2D eigenvalue weighted by atomic mass is 10.1. The number of aromatic amines is 1. The Hall–Kier alpha value is -2.54. The largest absolute Gasteiger partial charge is 0.353 e. The number of para-hydroxylation sites is 1. The highest BCUT2D eigenvalue weighted by Crippen LogP contribution is 2.24. The summed E-state index contributed by atoms with van der Waals surface area (Å²) >= 11 is 1.29. The van der Waals surface area contributed by atoms with Gasteiger partial charge in [0.05, 0.1) is 11.3 Å². The molecule has 0 fully saturated rings. The molecule has 148 valence electrons. The Bertz CT molecular complexity index is 1080. The van der Waals surface area contributed by atoms with Gasteiger partial charge in [0.15, 0.2) is 5.16 Å². The molecule has 0 bridgehead atoms. The Kier molecular flexibility index (Phi) is 5.93. The number of amides is 1. The summed E-state index contributed by atoms with van der Waals surface area (Å²) in [4.78, 5) is 33.1. The summed E-state index contributed by atoms with van der Waals surface area (Å²) in [6.45, 7) is 9.83. The highest BCUT2D eigenvalue weighted by atomic mass is 32.2. The predicted molar refractivity (Wildman–Crippen MR) is 115 cm³/mol. The van der Waals surface area contributed by atoms with Crippen molar-refractivity contribution in [2.24, 2.45) is 0 Å². The molecule has 6 nitrogen and oxygen atoms in total. The molecule has 0 spiro atoms. The lowest BCUT2D eigenvalue weighted by Crippen LogP contribution is -2.26. The maximum absolute atomic E-state index is 12.8. The first-order chi connectivity index (χ1) is 13.3. The van der Waals surface area contributed by atoms with Gasteiger partial charge in [-0.25, -0.2) is 4.98 Å². The average Bonchev–Trinajstić information content (AvgIpc) is 3.02. The molecule has 3 rings (SSSR count). The van der Waals surface area contributed by atoms with Crippen LogP contribution in [0.15, 0.2) is 34.2 Å². The normalized spacial score (nSPS) is 11.4. The number of carbonyl (C=O) groups excluding carboxylic acids is 1. The number of nitrogens with zero attached hydrogens (tertiary/aromatic N) is 2. The molecular weight excluding hydrogens is 372 g/mol. The molecule has 1 aromatic carbocycles. The zero-order valence-corrected chi connectivity index (χ0v) is 17.7. The molecule has 7 heteroatoms. The summed E-state index contributed by atoms with van der Waals surface area (Å²) in [5.74, 6) is 0.0786. The van der Waals surface area contributed by atoms with E-state index in [0.717, 1.165) is 28.9 Å². The van der Waals surface area contributed by atoms with E-state index < -0.39 is 0 Å². The summed E-state index contributed by atoms with van der Waals surface area (Å²) < 4.78 is 1.64. The molecule has 2 heterocycles. The van der Waals surface area contributed by atoms with E-state index in [1.807, 2.05) is 52.0 Å². The zero-order valence-electron chi connectivity index (χ0n) is 16.9. The minimum atomic E-state index is -0.108. The fourth-order valence-electron chi connectivity index (χ4n) is 3.25. The number of H-pyrrole nitrogens is 1. The van der Waals surface area contributed by atoms with Gasteiger partial charge in [-0.3, -0.25) is 14.2 Å². The van der Waals surface area contributed by atoms with E-state index in [4.69, 9.17) is 0 Å². The fourth-order valence-corrected chi connectivity index (χ4v) is 4.18. The van der Waals surface area contributed by atoms with Gasteiger partial charge in [-0.1, -0.05) is 36.9 Å². The third-order valence-corrected chi connectivity index (χ3v) is 5.59. The molecule has 2 N–H and O–H groups in total. The second-order valence-corrected chi connectivity index (χ2v) is 8.12. The number of benzene rings is 1. The van der Waals surface area contributed by atoms with Gasteiger partial charge in [-0.15, -0.1) is 0 Å². The number of thioether (sulfide) groups is 1. The van der Waals surface area contributed by atoms with Gasteiger partial charge in [0.2, 0.25) is 5.91 Å². The maximum atomic E-state index is 12.8. The summed E-state index contributed by atoms with van der Waals surface area (Å²) in [5.41, 5.74) is 4.95. The van der Waals surface area contributed by atoms with Gasteiger partial charge < -0.3 is 10.3 Å². The van der Waals surface area contributed by atoms with Crippen LogP contribution in [-0.4, -0.2) is 26.2 Å². The van der Waals surface area contributed by atoms with Crippen molar-refractivity contribution in [2.75, 3.05) is 11.1 Å². The molecule has 3 aromatic rings. The highest BCUT2D eigenvalue weighted by molar-refractivity contribution is 7.99. The first-order valence-corrected chi connectivity index (χ1v) is 10.4. The number of hydrogen-bond donors (Lipinski definition) is 2. The van der Waals surface area contributed by atoms with E-state index in [1.54, 1.807) is 4.57 Å². The van der Waals surface area contributed by atoms with E-state index in [2.05, 4.69) is 22.2 Å². The quantitative estimate of drug-likeness (QED) is 0.481. The average molecular weight is 399 g/mol. The van der Waals surface area contributed by atoms with Crippen LogP contribution in [0.25, 0.3) is 11.0 Å². The van der Waals surface area contributed by atoms with Gasteiger partial charge in [0, 0.05) is 17.4 Å². The van der Waals surface area contributed by atoms with Crippen molar-refractivity contribution in [1.82, 2.24) is 14.5 Å². The summed E-state index contributed by atoms with van der Waals surface area (Å²) in [5, 5.41) is 3.58. The number of fused-ring (bicyclic) bond motifs is 1. The van der Waals surface area contributed by atoms with Crippen LogP contribution in [-0.2, 0) is 11.2 Å². The Labute approximate surface area is 168 Å². The lowest BCUT2D eigenvalue weighted by Gasteiger charge is -2.16. The van der Waals surface area contributed by atoms with Crippen LogP contribution in [0.3, 0.4) is 0 Å². The maximum Gasteiger partial charge on any atom is 0.278 e. The molecule has 0 aliphatic heterocycles. The molecule has 0 unspecified atom stereocenters. The van der Waals surface area contributed by atoms with Crippen molar-refractivity contribution in [3.8, 4) is 0 Å². The number of nitrogens with one attached hydrogen (secondary N) is 2. The molecule has 0 aliphatic carbocycles. The topological polar surface area (TPSA) is 79.8 Å². The summed E-state index contributed by atoms with van der Waals surface area (Å²) in [6, 6.07) is 7.81. The zero-order chi connectivity index (χ0) is 20.4. The van der Waals surface area contributed by atoms with Crippen LogP contribution in [0.1, 0.15) is 43.6 Å². The van der Waals surface area contributed by atoms with Crippen LogP contribution in [0.5, 0.6) is 0 Å². The highest BCUT2D eigenvalue weighted by Gasteiger charge is 2.17. The van der Waals surface area contributed by atoms with Crippen LogP contribution < -0.4 is 10.9 Å². The second-order valence-electron chi connectivity index (χ2n) is 7.18. The van der Waals surface area contributed by atoms with Gasteiger partial charge >= 0.3 is 0 Å². The van der Waals surface area contributed by atoms with Crippen molar-refractivity contribution < 1.29 is 4.79 Å². The van der Waals surface area contributed by atoms with Crippen molar-refractivity contribution in [1.29, 1.82) is 0 Å². The van der Waals surface area contributed by atoms with Crippen LogP contribution in [0, 0.1) is 13.8 Å². The first kappa shape index (κ1) is 20.2. The van der Waals surface area contributed by atoms with E-state index >= 15 is 0 Å². The summed E-state index contributed by atoms with van der Waals surface area (Å²) in [7, 11) is 0. The smallest absolute Gasteiger partial charge is 0.278 e. The third-order valence-electron chi connectivity index (χ3n) is 4.64. The third kappa shape index (κ3) is 3.99. The predicted octanol–water partition coefficient (Wildman–Crippen LogP) is 4.22. The minimum absolute atomic E-state index is 0.0540. The second kappa shape index (κ2) is 8.22. The van der Waals surface area contributed by atoms with E-state index in [9.17, 15) is 9.59 Å². The van der Waals surface area contributed by atoms with E-state index in [1.165, 1.54) is 11.8 Å². The van der Waals surface area contributed by atoms with Crippen molar-refractivity contribution in [2.45, 2.75) is 52.2 Å². The van der Waals surface area contributed by atoms with Crippen LogP contribution in [0.4, 0.5) is 5.69 Å². The molecule has 0 radical (unpaired) electrons. The van der Waals surface area contributed by atoms with Gasteiger partial charge in [0.1, 0.15) is 5.52 Å². The molecule has 1 amide bonds. The van der Waals surface area contributed by atoms with E-state index in [0.29, 0.717) is 16.2 Å². The van der Waals surface area contributed by atoms with E-state index in [-0.39, 0.29) is 23.3 Å². The van der Waals surface area contributed by atoms with Crippen LogP contribution >= 0.6 is 11.8 Å². The van der Waals surface area contributed by atoms with Gasteiger partial charge in [0.25, 0.3) is 5.56 Å². The van der Waals surface area contributed by atoms with Crippen molar-refractivity contribution in [3.05, 3.63) is 51.4 Å². The SMILES string of the molecule is CCc1cccc(C)c1NC(=O)CSc1nc2cc(C)[nH]c2c(=O)n1C(C)C. The fraction of sp³-hybridized carbons (Fsp3) is 0.381. The number of aryl methyl sites for hydroxylation is 3. The lowest BCUT2D eigenvalue weighted by molar-refractivity contribution is -0.113. The number of hydrogen-bond acceptors (Lipinski definition) is 4. The van der Waals surface area contributed by atoms with Gasteiger partial charge in [-0.05, 0) is 51.3 Å². The molecule has 0 saturated carbocycles. The van der Waals surface area contributed by atoms with Crippen molar-refractivity contribution >= 4 is 34.4 Å². The number of carbonyl (C=O) groups is 1. The monoisotopic (exact) mass is 398 g/mol.